The first-order chi connectivity index (χ1) is 13.1. The molecule has 0 saturated carbocycles. The van der Waals surface area contributed by atoms with Gasteiger partial charge in [0.1, 0.15) is 11.9 Å². The van der Waals surface area contributed by atoms with E-state index in [2.05, 4.69) is 46.9 Å². The average molecular weight is 393 g/mol. The lowest BCUT2D eigenvalue weighted by Crippen LogP contribution is -2.46. The van der Waals surface area contributed by atoms with Gasteiger partial charge in [0.25, 0.3) is 0 Å². The van der Waals surface area contributed by atoms with Gasteiger partial charge in [0.05, 0.1) is 13.2 Å². The molecule has 1 fully saturated rings. The van der Waals surface area contributed by atoms with E-state index >= 15 is 0 Å². The van der Waals surface area contributed by atoms with Crippen LogP contribution in [0.4, 0.5) is 0 Å². The van der Waals surface area contributed by atoms with Crippen LogP contribution in [0.2, 0.25) is 0 Å². The van der Waals surface area contributed by atoms with Crippen molar-refractivity contribution in [1.82, 2.24) is 10.2 Å². The molecule has 0 aromatic heterocycles. The number of aliphatic hydroxyl groups excluding tert-OH is 1. The largest absolute Gasteiger partial charge is 0.490 e. The fourth-order valence-electron chi connectivity index (χ4n) is 2.61. The first-order valence-corrected chi connectivity index (χ1v) is 10.5. The Morgan fingerprint density at radius 1 is 1.21 bits per heavy atom. The molecule has 5 nitrogen and oxygen atoms in total. The number of nitrogens with one attached hydrogen (secondary N) is 1. The van der Waals surface area contributed by atoms with E-state index in [1.165, 1.54) is 0 Å². The molecule has 1 heterocycles. The molecule has 1 saturated heterocycles. The number of hydrogen-bond donors (Lipinski definition) is 2. The summed E-state index contributed by atoms with van der Waals surface area (Å²) < 4.78 is 5.96. The van der Waals surface area contributed by atoms with E-state index in [0.717, 1.165) is 43.7 Å². The second-order valence-corrected chi connectivity index (χ2v) is 9.19. The van der Waals surface area contributed by atoms with Crippen LogP contribution in [-0.2, 0) is 11.4 Å². The molecule has 0 spiro atoms. The summed E-state index contributed by atoms with van der Waals surface area (Å²) in [6.07, 6.45) is 2.90. The fraction of sp³-hybridized carbons (Fsp3) is 0.696. The number of piperidine rings is 1. The Hall–Kier alpha value is -1.59. The molecule has 0 aliphatic carbocycles. The molecule has 1 unspecified atom stereocenters. The van der Waals surface area contributed by atoms with Gasteiger partial charge in [-0.1, -0.05) is 46.8 Å². The molecule has 2 N–H and O–H groups in total. The van der Waals surface area contributed by atoms with E-state index in [1.807, 2.05) is 29.2 Å². The number of carbonyl (C=O) groups excluding carboxylic acids is 1. The molecule has 1 aromatic carbocycles. The number of amides is 1. The summed E-state index contributed by atoms with van der Waals surface area (Å²) in [4.78, 5) is 14.1. The molecule has 0 radical (unpaired) electrons. The van der Waals surface area contributed by atoms with Crippen LogP contribution in [0.3, 0.4) is 0 Å². The van der Waals surface area contributed by atoms with Crippen LogP contribution in [0.15, 0.2) is 24.3 Å². The Kier molecular flexibility index (Phi) is 10.5. The Balaban J connectivity index is 0.000000696. The smallest absolute Gasteiger partial charge is 0.236 e. The number of nitrogens with zero attached hydrogens (tertiary/aromatic N) is 1. The molecule has 1 atom stereocenters. The lowest BCUT2D eigenvalue weighted by molar-refractivity contribution is -0.132. The molecule has 0 bridgehead atoms. The Morgan fingerprint density at radius 3 is 2.21 bits per heavy atom. The first-order valence-electron chi connectivity index (χ1n) is 10.5. The van der Waals surface area contributed by atoms with E-state index in [4.69, 9.17) is 9.84 Å². The Morgan fingerprint density at radius 2 is 1.75 bits per heavy atom. The fourth-order valence-corrected chi connectivity index (χ4v) is 2.61. The standard InChI is InChI=1S/C18H28N2O3.C5H12/c1-3-14(2)19-12-18(22)20-10-8-17(9-11-20)23-16-6-4-15(13-21)5-7-16;1-5(2,3)4/h4-7,14,17,19,21H,3,8-13H2,1-2H3;1-4H3. The van der Waals surface area contributed by atoms with E-state index < -0.39 is 0 Å². The van der Waals surface area contributed by atoms with E-state index in [1.54, 1.807) is 0 Å². The van der Waals surface area contributed by atoms with Gasteiger partial charge in [-0.15, -0.1) is 0 Å². The molecular weight excluding hydrogens is 352 g/mol. The minimum atomic E-state index is 0.0471. The van der Waals surface area contributed by atoms with Crippen molar-refractivity contribution in [2.24, 2.45) is 5.41 Å². The van der Waals surface area contributed by atoms with Gasteiger partial charge in [0.15, 0.2) is 0 Å². The van der Waals surface area contributed by atoms with Crippen molar-refractivity contribution >= 4 is 5.91 Å². The predicted molar refractivity (Wildman–Crippen MR) is 115 cm³/mol. The van der Waals surface area contributed by atoms with Crippen LogP contribution < -0.4 is 10.1 Å². The maximum Gasteiger partial charge on any atom is 0.236 e. The summed E-state index contributed by atoms with van der Waals surface area (Å²) in [6, 6.07) is 7.89. The highest BCUT2D eigenvalue weighted by molar-refractivity contribution is 5.78. The van der Waals surface area contributed by atoms with E-state index in [0.29, 0.717) is 18.0 Å². The van der Waals surface area contributed by atoms with Crippen molar-refractivity contribution in [1.29, 1.82) is 0 Å². The zero-order chi connectivity index (χ0) is 21.2. The summed E-state index contributed by atoms with van der Waals surface area (Å²) in [5.41, 5.74) is 1.38. The highest BCUT2D eigenvalue weighted by Gasteiger charge is 2.23. The number of likely N-dealkylation sites (tertiary alicyclic amines) is 1. The van der Waals surface area contributed by atoms with Gasteiger partial charge in [0.2, 0.25) is 5.91 Å². The zero-order valence-electron chi connectivity index (χ0n) is 18.6. The van der Waals surface area contributed by atoms with Crippen LogP contribution in [0.5, 0.6) is 5.75 Å². The first kappa shape index (κ1) is 24.4. The van der Waals surface area contributed by atoms with E-state index in [9.17, 15) is 4.79 Å². The van der Waals surface area contributed by atoms with Crippen molar-refractivity contribution in [3.05, 3.63) is 29.8 Å². The lowest BCUT2D eigenvalue weighted by Gasteiger charge is -2.32. The third-order valence-electron chi connectivity index (χ3n) is 4.42. The summed E-state index contributed by atoms with van der Waals surface area (Å²) >= 11 is 0. The van der Waals surface area contributed by atoms with Crippen LogP contribution in [0, 0.1) is 5.41 Å². The minimum Gasteiger partial charge on any atom is -0.490 e. The zero-order valence-corrected chi connectivity index (χ0v) is 18.6. The summed E-state index contributed by atoms with van der Waals surface area (Å²) in [6.45, 7) is 14.9. The molecule has 5 heteroatoms. The number of ether oxygens (including phenoxy) is 1. The van der Waals surface area contributed by atoms with Crippen molar-refractivity contribution in [2.45, 2.75) is 79.6 Å². The molecule has 2 rings (SSSR count). The van der Waals surface area contributed by atoms with Crippen molar-refractivity contribution in [3.63, 3.8) is 0 Å². The highest BCUT2D eigenvalue weighted by Crippen LogP contribution is 2.19. The lowest BCUT2D eigenvalue weighted by atomic mass is 10.0. The van der Waals surface area contributed by atoms with Crippen molar-refractivity contribution in [2.75, 3.05) is 19.6 Å². The molecule has 1 amide bonds. The normalized spacial score (nSPS) is 16.2. The maximum absolute atomic E-state index is 12.2. The van der Waals surface area contributed by atoms with Gasteiger partial charge in [-0.2, -0.15) is 0 Å². The number of rotatable bonds is 7. The topological polar surface area (TPSA) is 61.8 Å². The maximum atomic E-state index is 12.2. The van der Waals surface area contributed by atoms with Crippen LogP contribution in [0.1, 0.15) is 66.4 Å². The summed E-state index contributed by atoms with van der Waals surface area (Å²) in [5.74, 6) is 1.00. The van der Waals surface area contributed by atoms with Gasteiger partial charge in [0, 0.05) is 32.0 Å². The van der Waals surface area contributed by atoms with Gasteiger partial charge in [-0.3, -0.25) is 4.79 Å². The summed E-state index contributed by atoms with van der Waals surface area (Å²) in [7, 11) is 0. The van der Waals surface area contributed by atoms with Crippen LogP contribution >= 0.6 is 0 Å². The third kappa shape index (κ3) is 10.7. The number of benzene rings is 1. The minimum absolute atomic E-state index is 0.0471. The van der Waals surface area contributed by atoms with E-state index in [-0.39, 0.29) is 18.6 Å². The second kappa shape index (κ2) is 12.1. The number of hydrogen-bond acceptors (Lipinski definition) is 4. The highest BCUT2D eigenvalue weighted by atomic mass is 16.5. The van der Waals surface area contributed by atoms with Crippen LogP contribution in [0.25, 0.3) is 0 Å². The molecule has 1 aliphatic heterocycles. The van der Waals surface area contributed by atoms with Gasteiger partial charge < -0.3 is 20.1 Å². The van der Waals surface area contributed by atoms with Crippen molar-refractivity contribution < 1.29 is 14.6 Å². The molecule has 1 aromatic rings. The SMILES string of the molecule is CC(C)(C)C.CCC(C)NCC(=O)N1CCC(Oc2ccc(CO)cc2)CC1. The predicted octanol–water partition coefficient (Wildman–Crippen LogP) is 3.99. The molecule has 160 valence electrons. The monoisotopic (exact) mass is 392 g/mol. The quantitative estimate of drug-likeness (QED) is 0.736. The number of aliphatic hydroxyl groups is 1. The Bertz CT molecular complexity index is 552. The second-order valence-electron chi connectivity index (χ2n) is 9.19. The summed E-state index contributed by atoms with van der Waals surface area (Å²) in [5, 5.41) is 12.3. The van der Waals surface area contributed by atoms with Gasteiger partial charge >= 0.3 is 0 Å². The molecular formula is C23H40N2O3. The third-order valence-corrected chi connectivity index (χ3v) is 4.42. The Labute approximate surface area is 171 Å². The van der Waals surface area contributed by atoms with Crippen molar-refractivity contribution in [3.8, 4) is 5.75 Å². The average Bonchev–Trinajstić information content (AvgIpc) is 2.65. The van der Waals surface area contributed by atoms with Crippen LogP contribution in [-0.4, -0.2) is 47.7 Å². The molecule has 28 heavy (non-hydrogen) atoms. The molecule has 1 aliphatic rings. The number of carbonyl (C=O) groups is 1. The van der Waals surface area contributed by atoms with Gasteiger partial charge in [-0.25, -0.2) is 0 Å². The van der Waals surface area contributed by atoms with Gasteiger partial charge in [-0.05, 0) is 36.5 Å².